The van der Waals surface area contributed by atoms with E-state index in [-0.39, 0.29) is 22.4 Å². The van der Waals surface area contributed by atoms with Crippen LogP contribution in [0.5, 0.6) is 0 Å². The van der Waals surface area contributed by atoms with Crippen molar-refractivity contribution in [2.24, 2.45) is 10.8 Å². The van der Waals surface area contributed by atoms with Crippen LogP contribution in [0.25, 0.3) is 0 Å². The number of halogens is 2. The number of thiocarbonyl (C=S) groups is 1. The van der Waals surface area contributed by atoms with E-state index in [2.05, 4.69) is 28.1 Å². The fourth-order valence-electron chi connectivity index (χ4n) is 3.19. The second-order valence-electron chi connectivity index (χ2n) is 6.30. The van der Waals surface area contributed by atoms with E-state index in [1.807, 2.05) is 35.2 Å². The molecular weight excluding hydrogens is 368 g/mol. The lowest BCUT2D eigenvalue weighted by Crippen LogP contribution is -2.35. The highest BCUT2D eigenvalue weighted by atomic mass is 32.1. The Bertz CT molecular complexity index is 828. The molecular formula is C19H21F2N5S. The van der Waals surface area contributed by atoms with Gasteiger partial charge in [0.25, 0.3) is 0 Å². The van der Waals surface area contributed by atoms with Crippen molar-refractivity contribution in [2.45, 2.75) is 18.9 Å². The Morgan fingerprint density at radius 2 is 2.04 bits per heavy atom. The fraction of sp³-hybridized carbons (Fsp3) is 0.263. The van der Waals surface area contributed by atoms with Crippen LogP contribution in [0.15, 0.2) is 47.6 Å². The standard InChI is InChI=1S/C19H21F2N5S/c20-16-10-18(17(21)9-13(16)11-24-25-19(22)27)26-8-4-7-15(26)12-23-14-5-2-1-3-6-14/h1-3,5-6,9-11,15,23H,4,7-8,12H2,(H3,22,25,27)/b24-11+/t15-/m1/s1. The molecule has 0 radical (unpaired) electrons. The van der Waals surface area contributed by atoms with Gasteiger partial charge in [-0.25, -0.2) is 8.78 Å². The highest BCUT2D eigenvalue weighted by molar-refractivity contribution is 7.80. The number of nitrogens with zero attached hydrogens (tertiary/aromatic N) is 2. The molecule has 0 aromatic heterocycles. The summed E-state index contributed by atoms with van der Waals surface area (Å²) in [5.74, 6) is -1.04. The van der Waals surface area contributed by atoms with Crippen molar-refractivity contribution in [3.05, 3.63) is 59.7 Å². The van der Waals surface area contributed by atoms with E-state index in [0.29, 0.717) is 13.1 Å². The Hall–Kier alpha value is -2.74. The molecule has 1 saturated heterocycles. The molecule has 0 saturated carbocycles. The largest absolute Gasteiger partial charge is 0.383 e. The van der Waals surface area contributed by atoms with Crippen LogP contribution in [0, 0.1) is 11.6 Å². The third-order valence-corrected chi connectivity index (χ3v) is 4.54. The molecule has 1 fully saturated rings. The number of hydrogen-bond donors (Lipinski definition) is 3. The van der Waals surface area contributed by atoms with Crippen molar-refractivity contribution in [1.82, 2.24) is 5.43 Å². The second-order valence-corrected chi connectivity index (χ2v) is 6.74. The lowest BCUT2D eigenvalue weighted by Gasteiger charge is -2.28. The summed E-state index contributed by atoms with van der Waals surface area (Å²) in [6.07, 6.45) is 3.00. The van der Waals surface area contributed by atoms with Gasteiger partial charge in [-0.05, 0) is 43.3 Å². The molecule has 142 valence electrons. The van der Waals surface area contributed by atoms with Gasteiger partial charge in [-0.1, -0.05) is 18.2 Å². The van der Waals surface area contributed by atoms with Crippen LogP contribution in [-0.4, -0.2) is 30.5 Å². The molecule has 2 aromatic carbocycles. The summed E-state index contributed by atoms with van der Waals surface area (Å²) in [7, 11) is 0. The molecule has 0 aliphatic carbocycles. The number of hydrazone groups is 1. The highest BCUT2D eigenvalue weighted by Gasteiger charge is 2.27. The van der Waals surface area contributed by atoms with Gasteiger partial charge in [0.15, 0.2) is 5.11 Å². The van der Waals surface area contributed by atoms with E-state index >= 15 is 0 Å². The minimum Gasteiger partial charge on any atom is -0.383 e. The molecule has 27 heavy (non-hydrogen) atoms. The van der Waals surface area contributed by atoms with E-state index in [1.165, 1.54) is 6.07 Å². The second kappa shape index (κ2) is 8.77. The van der Waals surface area contributed by atoms with Crippen molar-refractivity contribution >= 4 is 34.9 Å². The van der Waals surface area contributed by atoms with Crippen molar-refractivity contribution in [1.29, 1.82) is 0 Å². The van der Waals surface area contributed by atoms with Crippen LogP contribution in [0.3, 0.4) is 0 Å². The summed E-state index contributed by atoms with van der Waals surface area (Å²) in [5.41, 5.74) is 8.87. The van der Waals surface area contributed by atoms with Gasteiger partial charge in [-0.2, -0.15) is 5.10 Å². The maximum atomic E-state index is 14.6. The SMILES string of the molecule is NC(=S)N/N=C/c1cc(F)c(N2CCC[C@@H]2CNc2ccccc2)cc1F. The Kier molecular flexibility index (Phi) is 6.18. The molecule has 1 heterocycles. The first-order chi connectivity index (χ1) is 13.0. The third-order valence-electron chi connectivity index (χ3n) is 4.45. The van der Waals surface area contributed by atoms with E-state index in [4.69, 9.17) is 5.73 Å². The van der Waals surface area contributed by atoms with Gasteiger partial charge >= 0.3 is 0 Å². The number of anilines is 2. The Morgan fingerprint density at radius 3 is 2.78 bits per heavy atom. The van der Waals surface area contributed by atoms with Gasteiger partial charge in [0.05, 0.1) is 11.9 Å². The first-order valence-electron chi connectivity index (χ1n) is 8.67. The zero-order valence-electron chi connectivity index (χ0n) is 14.7. The van der Waals surface area contributed by atoms with E-state index in [0.717, 1.165) is 30.8 Å². The van der Waals surface area contributed by atoms with Gasteiger partial charge in [-0.15, -0.1) is 0 Å². The van der Waals surface area contributed by atoms with Crippen molar-refractivity contribution in [3.63, 3.8) is 0 Å². The van der Waals surface area contributed by atoms with Gasteiger partial charge in [0, 0.05) is 36.4 Å². The molecule has 1 aliphatic heterocycles. The maximum absolute atomic E-state index is 14.6. The molecule has 5 nitrogen and oxygen atoms in total. The Balaban J connectivity index is 1.73. The predicted molar refractivity (Wildman–Crippen MR) is 109 cm³/mol. The minimum absolute atomic E-state index is 0.0261. The zero-order valence-corrected chi connectivity index (χ0v) is 15.5. The quantitative estimate of drug-likeness (QED) is 0.402. The fourth-order valence-corrected chi connectivity index (χ4v) is 3.25. The molecule has 3 rings (SSSR count). The number of rotatable bonds is 6. The third kappa shape index (κ3) is 4.91. The molecule has 8 heteroatoms. The van der Waals surface area contributed by atoms with Crippen LogP contribution in [0.4, 0.5) is 20.2 Å². The number of nitrogens with one attached hydrogen (secondary N) is 2. The van der Waals surface area contributed by atoms with Crippen molar-refractivity contribution in [2.75, 3.05) is 23.3 Å². The zero-order chi connectivity index (χ0) is 19.2. The smallest absolute Gasteiger partial charge is 0.184 e. The van der Waals surface area contributed by atoms with Gasteiger partial charge in [-0.3, -0.25) is 5.43 Å². The number of hydrogen-bond acceptors (Lipinski definition) is 4. The minimum atomic E-state index is -0.554. The number of benzene rings is 2. The van der Waals surface area contributed by atoms with E-state index in [1.54, 1.807) is 0 Å². The lowest BCUT2D eigenvalue weighted by molar-refractivity contribution is 0.586. The molecule has 2 aromatic rings. The average Bonchev–Trinajstić information content (AvgIpc) is 3.11. The van der Waals surface area contributed by atoms with E-state index < -0.39 is 11.6 Å². The van der Waals surface area contributed by atoms with Crippen LogP contribution in [0.1, 0.15) is 18.4 Å². The molecule has 0 unspecified atom stereocenters. The van der Waals surface area contributed by atoms with Crippen LogP contribution >= 0.6 is 12.2 Å². The monoisotopic (exact) mass is 389 g/mol. The first kappa shape index (κ1) is 19.0. The Morgan fingerprint density at radius 1 is 1.26 bits per heavy atom. The lowest BCUT2D eigenvalue weighted by atomic mass is 10.1. The van der Waals surface area contributed by atoms with Crippen LogP contribution in [-0.2, 0) is 0 Å². The van der Waals surface area contributed by atoms with E-state index in [9.17, 15) is 8.78 Å². The highest BCUT2D eigenvalue weighted by Crippen LogP contribution is 2.30. The summed E-state index contributed by atoms with van der Waals surface area (Å²) in [5, 5.41) is 6.99. The van der Waals surface area contributed by atoms with Gasteiger partial charge in [0.1, 0.15) is 11.6 Å². The summed E-state index contributed by atoms with van der Waals surface area (Å²) < 4.78 is 29.0. The van der Waals surface area contributed by atoms with Gasteiger partial charge in [0.2, 0.25) is 0 Å². The molecule has 1 aliphatic rings. The summed E-state index contributed by atoms with van der Waals surface area (Å²) in [4.78, 5) is 1.92. The molecule has 4 N–H and O–H groups in total. The molecule has 0 amide bonds. The van der Waals surface area contributed by atoms with Crippen LogP contribution < -0.4 is 21.4 Å². The van der Waals surface area contributed by atoms with Crippen molar-refractivity contribution in [3.8, 4) is 0 Å². The molecule has 1 atom stereocenters. The normalized spacial score (nSPS) is 16.7. The van der Waals surface area contributed by atoms with Gasteiger partial charge < -0.3 is 16.0 Å². The molecule has 0 spiro atoms. The maximum Gasteiger partial charge on any atom is 0.184 e. The predicted octanol–water partition coefficient (Wildman–Crippen LogP) is 3.21. The number of para-hydroxylation sites is 1. The Labute approximate surface area is 162 Å². The average molecular weight is 389 g/mol. The first-order valence-corrected chi connectivity index (χ1v) is 9.08. The van der Waals surface area contributed by atoms with Crippen LogP contribution in [0.2, 0.25) is 0 Å². The number of nitrogens with two attached hydrogens (primary N) is 1. The summed E-state index contributed by atoms with van der Waals surface area (Å²) in [6.45, 7) is 1.35. The van der Waals surface area contributed by atoms with Crippen molar-refractivity contribution < 1.29 is 8.78 Å². The topological polar surface area (TPSA) is 65.7 Å². The summed E-state index contributed by atoms with van der Waals surface area (Å²) in [6, 6.07) is 12.3. The molecule has 0 bridgehead atoms. The summed E-state index contributed by atoms with van der Waals surface area (Å²) >= 11 is 4.61.